The summed E-state index contributed by atoms with van der Waals surface area (Å²) in [4.78, 5) is 9.02. The summed E-state index contributed by atoms with van der Waals surface area (Å²) in [5, 5.41) is 1.01. The molecule has 8 rings (SSSR count). The second-order valence-electron chi connectivity index (χ2n) is 10.7. The molecule has 3 aromatic heterocycles. The van der Waals surface area contributed by atoms with Crippen LogP contribution in [0.5, 0.6) is 0 Å². The van der Waals surface area contributed by atoms with Gasteiger partial charge in [0, 0.05) is 52.1 Å². The van der Waals surface area contributed by atoms with Crippen molar-refractivity contribution >= 4 is 22.0 Å². The van der Waals surface area contributed by atoms with Gasteiger partial charge in [0.2, 0.25) is 0 Å². The molecule has 46 heavy (non-hydrogen) atoms. The van der Waals surface area contributed by atoms with Gasteiger partial charge in [-0.15, -0.1) is 41.5 Å². The molecule has 0 unspecified atom stereocenters. The molecule has 1 radical (unpaired) electrons. The van der Waals surface area contributed by atoms with E-state index in [0.717, 1.165) is 39.1 Å². The number of fused-ring (bicyclic) bond motifs is 2. The molecule has 0 N–H and O–H groups in total. The van der Waals surface area contributed by atoms with E-state index in [-0.39, 0.29) is 31.2 Å². The molecule has 0 aliphatic carbocycles. The van der Waals surface area contributed by atoms with E-state index >= 15 is 0 Å². The maximum Gasteiger partial charge on any atom is 0.0774 e. The minimum Gasteiger partial charge on any atom is -0.557 e. The summed E-state index contributed by atoms with van der Waals surface area (Å²) in [5.74, 6) is 0.828. The molecule has 0 atom stereocenters. The van der Waals surface area contributed by atoms with Crippen LogP contribution in [-0.2, 0) is 20.1 Å². The van der Waals surface area contributed by atoms with E-state index in [1.807, 2.05) is 36.4 Å². The van der Waals surface area contributed by atoms with Crippen LogP contribution >= 0.6 is 0 Å². The maximum atomic E-state index is 7.28. The Morgan fingerprint density at radius 2 is 1.41 bits per heavy atom. The summed E-state index contributed by atoms with van der Waals surface area (Å²) in [7, 11) is 0. The molecule has 0 saturated heterocycles. The molecule has 0 amide bonds. The van der Waals surface area contributed by atoms with Gasteiger partial charge in [0.25, 0.3) is 0 Å². The summed E-state index contributed by atoms with van der Waals surface area (Å²) in [6.45, 7) is -2.23. The third-order valence-corrected chi connectivity index (χ3v) is 7.57. The largest absolute Gasteiger partial charge is 0.557 e. The van der Waals surface area contributed by atoms with E-state index in [9.17, 15) is 0 Å². The number of imidazole rings is 1. The Bertz CT molecular complexity index is 2380. The molecule has 4 nitrogen and oxygen atoms in total. The Hall–Kier alpha value is -5.09. The third-order valence-electron chi connectivity index (χ3n) is 7.57. The fourth-order valence-electron chi connectivity index (χ4n) is 5.23. The Morgan fingerprint density at radius 3 is 2.13 bits per heavy atom. The number of pyridine rings is 1. The first kappa shape index (κ1) is 24.2. The van der Waals surface area contributed by atoms with E-state index in [4.69, 9.17) is 17.6 Å². The van der Waals surface area contributed by atoms with Crippen molar-refractivity contribution in [3.63, 3.8) is 0 Å². The van der Waals surface area contributed by atoms with Gasteiger partial charge in [0.15, 0.2) is 0 Å². The Kier molecular flexibility index (Phi) is 7.09. The van der Waals surface area contributed by atoms with Crippen LogP contribution in [0.3, 0.4) is 0 Å². The smallest absolute Gasteiger partial charge is 0.0774 e. The third kappa shape index (κ3) is 6.34. The zero-order valence-electron chi connectivity index (χ0n) is 30.8. The van der Waals surface area contributed by atoms with Crippen LogP contribution in [0.4, 0.5) is 0 Å². The van der Waals surface area contributed by atoms with Crippen LogP contribution in [0.15, 0.2) is 138 Å². The van der Waals surface area contributed by atoms with E-state index in [0.29, 0.717) is 11.3 Å². The Balaban J connectivity index is 0.000000193. The van der Waals surface area contributed by atoms with E-state index in [1.165, 1.54) is 41.1 Å². The molecule has 227 valence electrons. The van der Waals surface area contributed by atoms with Gasteiger partial charge >= 0.3 is 0 Å². The summed E-state index contributed by atoms with van der Waals surface area (Å²) < 4.78 is 51.5. The number of rotatable bonds is 4. The van der Waals surface area contributed by atoms with Gasteiger partial charge in [-0.25, -0.2) is 0 Å². The monoisotopic (exact) mass is 780 g/mol. The average molecular weight is 780 g/mol. The summed E-state index contributed by atoms with van der Waals surface area (Å²) >= 11 is 0. The van der Waals surface area contributed by atoms with Gasteiger partial charge in [-0.3, -0.25) is 4.98 Å². The predicted molar refractivity (Wildman–Crippen MR) is 183 cm³/mol. The van der Waals surface area contributed by atoms with Gasteiger partial charge in [-0.1, -0.05) is 102 Å². The topological polar surface area (TPSA) is 43.9 Å². The van der Waals surface area contributed by atoms with Crippen molar-refractivity contribution in [2.45, 2.75) is 20.6 Å². The van der Waals surface area contributed by atoms with Crippen LogP contribution in [0.1, 0.15) is 24.9 Å². The molecule has 0 aliphatic rings. The quantitative estimate of drug-likeness (QED) is 0.167. The van der Waals surface area contributed by atoms with Gasteiger partial charge < -0.3 is 14.0 Å². The number of hydrogen-bond donors (Lipinski definition) is 0. The maximum absolute atomic E-state index is 7.28. The number of furan rings is 1. The Labute approximate surface area is 291 Å². The molecule has 0 bridgehead atoms. The molecule has 0 saturated carbocycles. The van der Waals surface area contributed by atoms with Crippen LogP contribution in [0.25, 0.3) is 61.5 Å². The van der Waals surface area contributed by atoms with Crippen LogP contribution in [0, 0.1) is 33.0 Å². The van der Waals surface area contributed by atoms with Crippen LogP contribution in [0.2, 0.25) is 0 Å². The zero-order chi connectivity index (χ0) is 35.8. The SMILES string of the molecule is Cc1ccc(-c2ccc(-n3c(-c4[c-]oc5ccccc45)nc4ccccc43)cc2)cc1.[2H]C([2H])([2H])c1c[c-]c(-c2ccc(C([2H])([2H])[2H])cn2)cc1.[Ir]. The molecule has 0 aliphatic heterocycles. The minimum atomic E-state index is -2.18. The van der Waals surface area contributed by atoms with Gasteiger partial charge in [-0.2, -0.15) is 0 Å². The van der Waals surface area contributed by atoms with E-state index < -0.39 is 13.7 Å². The number of nitrogens with zero attached hydrogens (tertiary/aromatic N) is 3. The van der Waals surface area contributed by atoms with Crippen molar-refractivity contribution in [3.8, 4) is 39.5 Å². The molecule has 5 heteroatoms. The van der Waals surface area contributed by atoms with Crippen molar-refractivity contribution in [3.05, 3.63) is 163 Å². The predicted octanol–water partition coefficient (Wildman–Crippen LogP) is 10.4. The number of aromatic nitrogens is 3. The fourth-order valence-corrected chi connectivity index (χ4v) is 5.23. The molecule has 5 aromatic carbocycles. The Morgan fingerprint density at radius 1 is 0.717 bits per heavy atom. The number of hydrogen-bond acceptors (Lipinski definition) is 3. The number of benzene rings is 5. The second kappa shape index (κ2) is 13.5. The van der Waals surface area contributed by atoms with Crippen molar-refractivity contribution in [2.75, 3.05) is 0 Å². The molecule has 8 aromatic rings. The van der Waals surface area contributed by atoms with E-state index in [2.05, 4.69) is 89.5 Å². The van der Waals surface area contributed by atoms with E-state index in [1.54, 1.807) is 12.1 Å². The van der Waals surface area contributed by atoms with Gasteiger partial charge in [0.1, 0.15) is 0 Å². The summed E-state index contributed by atoms with van der Waals surface area (Å²) in [5.41, 5.74) is 9.94. The molecule has 3 heterocycles. The average Bonchev–Trinajstić information content (AvgIpc) is 3.74. The van der Waals surface area contributed by atoms with Crippen molar-refractivity contribution < 1.29 is 32.7 Å². The normalized spacial score (nSPS) is 13.2. The molecule has 0 spiro atoms. The summed E-state index contributed by atoms with van der Waals surface area (Å²) in [6.07, 6.45) is 4.38. The first-order valence-electron chi connectivity index (χ1n) is 17.5. The van der Waals surface area contributed by atoms with Crippen molar-refractivity contribution in [2.24, 2.45) is 0 Å². The minimum absolute atomic E-state index is 0. The van der Waals surface area contributed by atoms with Crippen LogP contribution < -0.4 is 0 Å². The number of aryl methyl sites for hydroxylation is 3. The first-order chi connectivity index (χ1) is 24.5. The van der Waals surface area contributed by atoms with Gasteiger partial charge in [-0.05, 0) is 60.4 Å². The van der Waals surface area contributed by atoms with Crippen molar-refractivity contribution in [1.29, 1.82) is 0 Å². The standard InChI is InChI=1S/C28H19N2O.C13H12N.Ir/c1-19-10-12-20(13-11-19)21-14-16-22(17-15-21)30-26-8-4-3-7-25(26)29-28(30)24-18-31-27-9-5-2-6-23(24)27;1-10-3-6-12(7-4-10)13-8-5-11(2)9-14-13;/h2-17H,1H3;3-6,8-9H,1-2H3;/q2*-1;/i;1D3,2D3;. The summed E-state index contributed by atoms with van der Waals surface area (Å²) in [6, 6.07) is 43.9. The fraction of sp³-hybridized carbons (Fsp3) is 0.0732. The van der Waals surface area contributed by atoms with Crippen LogP contribution in [-0.4, -0.2) is 14.5 Å². The first-order valence-corrected chi connectivity index (χ1v) is 14.5. The second-order valence-corrected chi connectivity index (χ2v) is 10.7. The number of para-hydroxylation sites is 3. The molecular weight excluding hydrogens is 743 g/mol. The van der Waals surface area contributed by atoms with Gasteiger partial charge in [0.05, 0.1) is 16.9 Å². The zero-order valence-corrected chi connectivity index (χ0v) is 27.2. The molecular formula is C41H31IrN3O-2. The van der Waals surface area contributed by atoms with Crippen molar-refractivity contribution in [1.82, 2.24) is 14.5 Å². The molecule has 0 fully saturated rings.